The van der Waals surface area contributed by atoms with Gasteiger partial charge in [-0.15, -0.1) is 10.2 Å². The standard InChI is InChI=1S/C20H22N6O2S/c1-14(27)22-16-7-9-17(10-8-16)23-18(28)13-26-19(21)24-25-20(26)29-12-11-15-5-3-2-4-6-15/h2-10H,11-13H2,1H3,(H2,21,24)(H,22,27)(H,23,28). The lowest BCUT2D eigenvalue weighted by molar-refractivity contribution is -0.117. The molecule has 1 heterocycles. The van der Waals surface area contributed by atoms with Crippen LogP contribution in [-0.2, 0) is 22.6 Å². The van der Waals surface area contributed by atoms with Gasteiger partial charge in [-0.05, 0) is 36.2 Å². The van der Waals surface area contributed by atoms with Crippen molar-refractivity contribution in [1.29, 1.82) is 0 Å². The number of anilines is 3. The van der Waals surface area contributed by atoms with E-state index in [1.165, 1.54) is 24.2 Å². The fraction of sp³-hybridized carbons (Fsp3) is 0.200. The fourth-order valence-corrected chi connectivity index (χ4v) is 3.58. The molecule has 0 aliphatic carbocycles. The fourth-order valence-electron chi connectivity index (χ4n) is 2.64. The molecule has 0 fully saturated rings. The molecule has 2 aromatic carbocycles. The minimum absolute atomic E-state index is 0.0138. The van der Waals surface area contributed by atoms with Crippen molar-refractivity contribution in [2.45, 2.75) is 25.0 Å². The second-order valence-corrected chi connectivity index (χ2v) is 7.38. The Morgan fingerprint density at radius 3 is 2.31 bits per heavy atom. The molecule has 0 aliphatic rings. The predicted octanol–water partition coefficient (Wildman–Crippen LogP) is 2.79. The number of nitrogens with one attached hydrogen (secondary N) is 2. The number of hydrogen-bond donors (Lipinski definition) is 3. The van der Waals surface area contributed by atoms with Gasteiger partial charge in [-0.2, -0.15) is 0 Å². The molecule has 4 N–H and O–H groups in total. The lowest BCUT2D eigenvalue weighted by Gasteiger charge is -2.10. The molecule has 0 spiro atoms. The lowest BCUT2D eigenvalue weighted by atomic mass is 10.2. The molecule has 3 aromatic rings. The van der Waals surface area contributed by atoms with E-state index in [4.69, 9.17) is 5.73 Å². The number of nitrogen functional groups attached to an aromatic ring is 1. The minimum atomic E-state index is -0.242. The van der Waals surface area contributed by atoms with Crippen molar-refractivity contribution in [1.82, 2.24) is 14.8 Å². The van der Waals surface area contributed by atoms with Crippen LogP contribution in [0.2, 0.25) is 0 Å². The summed E-state index contributed by atoms with van der Waals surface area (Å²) in [5, 5.41) is 14.1. The van der Waals surface area contributed by atoms with Gasteiger partial charge in [0.2, 0.25) is 17.8 Å². The molecule has 0 saturated carbocycles. The average molecular weight is 411 g/mol. The Kier molecular flexibility index (Phi) is 6.85. The van der Waals surface area contributed by atoms with Crippen molar-refractivity contribution in [3.8, 4) is 0 Å². The first-order valence-corrected chi connectivity index (χ1v) is 10.0. The summed E-state index contributed by atoms with van der Waals surface area (Å²) < 4.78 is 1.59. The molecule has 0 radical (unpaired) electrons. The molecule has 1 aromatic heterocycles. The van der Waals surface area contributed by atoms with Crippen LogP contribution in [0.3, 0.4) is 0 Å². The zero-order valence-electron chi connectivity index (χ0n) is 16.0. The van der Waals surface area contributed by atoms with E-state index in [1.54, 1.807) is 28.8 Å². The van der Waals surface area contributed by atoms with Crippen molar-refractivity contribution < 1.29 is 9.59 Å². The van der Waals surface area contributed by atoms with Crippen LogP contribution in [0.4, 0.5) is 17.3 Å². The molecule has 0 bridgehead atoms. The van der Waals surface area contributed by atoms with Crippen LogP contribution < -0.4 is 16.4 Å². The van der Waals surface area contributed by atoms with Crippen LogP contribution in [-0.4, -0.2) is 32.3 Å². The van der Waals surface area contributed by atoms with Gasteiger partial charge in [0, 0.05) is 24.1 Å². The first kappa shape index (κ1) is 20.4. The molecule has 2 amide bonds. The highest BCUT2D eigenvalue weighted by Crippen LogP contribution is 2.20. The van der Waals surface area contributed by atoms with Crippen molar-refractivity contribution in [3.63, 3.8) is 0 Å². The molecule has 9 heteroatoms. The lowest BCUT2D eigenvalue weighted by Crippen LogP contribution is -2.20. The summed E-state index contributed by atoms with van der Waals surface area (Å²) >= 11 is 1.51. The number of hydrogen-bond acceptors (Lipinski definition) is 6. The van der Waals surface area contributed by atoms with Crippen molar-refractivity contribution in [2.75, 3.05) is 22.1 Å². The molecule has 0 aliphatic heterocycles. The summed E-state index contributed by atoms with van der Waals surface area (Å²) in [6.45, 7) is 1.45. The second-order valence-electron chi connectivity index (χ2n) is 6.32. The predicted molar refractivity (Wildman–Crippen MR) is 115 cm³/mol. The first-order chi connectivity index (χ1) is 14.0. The summed E-state index contributed by atoms with van der Waals surface area (Å²) in [5.74, 6) is 0.605. The van der Waals surface area contributed by atoms with Crippen LogP contribution in [0.25, 0.3) is 0 Å². The van der Waals surface area contributed by atoms with Gasteiger partial charge in [0.25, 0.3) is 0 Å². The Hall–Kier alpha value is -3.33. The van der Waals surface area contributed by atoms with E-state index in [9.17, 15) is 9.59 Å². The smallest absolute Gasteiger partial charge is 0.244 e. The molecule has 0 atom stereocenters. The molecular weight excluding hydrogens is 388 g/mol. The van der Waals surface area contributed by atoms with Gasteiger partial charge in [0.1, 0.15) is 6.54 Å². The number of nitrogens with zero attached hydrogens (tertiary/aromatic N) is 3. The van der Waals surface area contributed by atoms with E-state index < -0.39 is 0 Å². The SMILES string of the molecule is CC(=O)Nc1ccc(NC(=O)Cn2c(N)nnc2SCCc2ccccc2)cc1. The third kappa shape index (κ3) is 6.08. The zero-order valence-corrected chi connectivity index (χ0v) is 16.8. The number of aryl methyl sites for hydroxylation is 1. The normalized spacial score (nSPS) is 10.5. The van der Waals surface area contributed by atoms with E-state index in [0.717, 1.165) is 12.2 Å². The minimum Gasteiger partial charge on any atom is -0.368 e. The Bertz CT molecular complexity index is 972. The third-order valence-electron chi connectivity index (χ3n) is 4.00. The van der Waals surface area contributed by atoms with Crippen molar-refractivity contribution in [2.24, 2.45) is 0 Å². The maximum Gasteiger partial charge on any atom is 0.244 e. The number of carbonyl (C=O) groups is 2. The molecule has 0 saturated heterocycles. The number of nitrogens with two attached hydrogens (primary N) is 1. The second kappa shape index (κ2) is 9.74. The summed E-state index contributed by atoms with van der Waals surface area (Å²) in [6, 6.07) is 17.0. The van der Waals surface area contributed by atoms with Gasteiger partial charge in [-0.1, -0.05) is 42.1 Å². The molecule has 3 rings (SSSR count). The molecule has 29 heavy (non-hydrogen) atoms. The third-order valence-corrected chi connectivity index (χ3v) is 4.97. The molecule has 0 unspecified atom stereocenters. The van der Waals surface area contributed by atoms with Crippen LogP contribution in [0.1, 0.15) is 12.5 Å². The Morgan fingerprint density at radius 1 is 1.00 bits per heavy atom. The molecule has 8 nitrogen and oxygen atoms in total. The van der Waals surface area contributed by atoms with E-state index in [1.807, 2.05) is 18.2 Å². The summed E-state index contributed by atoms with van der Waals surface area (Å²) in [5.41, 5.74) is 8.41. The first-order valence-electron chi connectivity index (χ1n) is 9.04. The zero-order chi connectivity index (χ0) is 20.6. The van der Waals surface area contributed by atoms with Crippen LogP contribution >= 0.6 is 11.8 Å². The van der Waals surface area contributed by atoms with Gasteiger partial charge in [-0.25, -0.2) is 0 Å². The maximum atomic E-state index is 12.4. The van der Waals surface area contributed by atoms with Crippen LogP contribution in [0.5, 0.6) is 0 Å². The topological polar surface area (TPSA) is 115 Å². The number of amides is 2. The summed E-state index contributed by atoms with van der Waals surface area (Å²) in [7, 11) is 0. The van der Waals surface area contributed by atoms with Crippen LogP contribution in [0, 0.1) is 0 Å². The van der Waals surface area contributed by atoms with E-state index in [0.29, 0.717) is 16.5 Å². The van der Waals surface area contributed by atoms with Gasteiger partial charge < -0.3 is 16.4 Å². The Labute approximate surface area is 172 Å². The van der Waals surface area contributed by atoms with Gasteiger partial charge >= 0.3 is 0 Å². The van der Waals surface area contributed by atoms with Crippen molar-refractivity contribution >= 4 is 40.9 Å². The number of rotatable bonds is 8. The van der Waals surface area contributed by atoms with Gasteiger partial charge in [0.05, 0.1) is 0 Å². The quantitative estimate of drug-likeness (QED) is 0.492. The largest absolute Gasteiger partial charge is 0.368 e. The highest BCUT2D eigenvalue weighted by Gasteiger charge is 2.14. The Morgan fingerprint density at radius 2 is 1.66 bits per heavy atom. The van der Waals surface area contributed by atoms with Gasteiger partial charge in [-0.3, -0.25) is 14.2 Å². The monoisotopic (exact) mass is 410 g/mol. The van der Waals surface area contributed by atoms with E-state index >= 15 is 0 Å². The average Bonchev–Trinajstić information content (AvgIpc) is 3.03. The van der Waals surface area contributed by atoms with E-state index in [2.05, 4.69) is 33.0 Å². The highest BCUT2D eigenvalue weighted by molar-refractivity contribution is 7.99. The van der Waals surface area contributed by atoms with Crippen molar-refractivity contribution in [3.05, 3.63) is 60.2 Å². The summed E-state index contributed by atoms with van der Waals surface area (Å²) in [4.78, 5) is 23.5. The molecule has 150 valence electrons. The number of carbonyl (C=O) groups excluding carboxylic acids is 2. The van der Waals surface area contributed by atoms with E-state index in [-0.39, 0.29) is 24.3 Å². The summed E-state index contributed by atoms with van der Waals surface area (Å²) in [6.07, 6.45) is 0.880. The number of thioether (sulfide) groups is 1. The van der Waals surface area contributed by atoms with Crippen LogP contribution in [0.15, 0.2) is 59.8 Å². The number of benzene rings is 2. The highest BCUT2D eigenvalue weighted by atomic mass is 32.2. The Balaban J connectivity index is 1.56. The molecular formula is C20H22N6O2S. The van der Waals surface area contributed by atoms with Gasteiger partial charge in [0.15, 0.2) is 5.16 Å². The number of aromatic nitrogens is 3. The maximum absolute atomic E-state index is 12.4.